The van der Waals surface area contributed by atoms with Gasteiger partial charge >= 0.3 is 0 Å². The van der Waals surface area contributed by atoms with E-state index in [0.717, 1.165) is 16.5 Å². The predicted octanol–water partition coefficient (Wildman–Crippen LogP) is -0.0268. The number of fused-ring (bicyclic) bond motifs is 1. The van der Waals surface area contributed by atoms with Crippen molar-refractivity contribution in [1.82, 2.24) is 24.8 Å². The highest BCUT2D eigenvalue weighted by Gasteiger charge is 2.29. The molecule has 2 amide bonds. The lowest BCUT2D eigenvalue weighted by Crippen LogP contribution is -2.39. The number of amides is 2. The fraction of sp³-hybridized carbons (Fsp3) is 0.316. The third kappa shape index (κ3) is 4.02. The molecule has 3 aromatic heterocycles. The Bertz CT molecular complexity index is 1130. The number of aromatic hydroxyl groups is 1. The number of H-pyrrole nitrogens is 1. The first kappa shape index (κ1) is 20.0. The van der Waals surface area contributed by atoms with E-state index < -0.39 is 23.5 Å². The zero-order valence-electron chi connectivity index (χ0n) is 15.8. The minimum atomic E-state index is -0.936. The Kier molecular flexibility index (Phi) is 5.46. The van der Waals surface area contributed by atoms with Gasteiger partial charge in [-0.2, -0.15) is 0 Å². The van der Waals surface area contributed by atoms with E-state index in [0.29, 0.717) is 4.88 Å². The summed E-state index contributed by atoms with van der Waals surface area (Å²) in [6, 6.07) is 5.41. The van der Waals surface area contributed by atoms with Crippen LogP contribution in [0.2, 0.25) is 0 Å². The van der Waals surface area contributed by atoms with Crippen molar-refractivity contribution in [3.05, 3.63) is 51.5 Å². The van der Waals surface area contributed by atoms with Crippen LogP contribution in [-0.4, -0.2) is 79.1 Å². The summed E-state index contributed by atoms with van der Waals surface area (Å²) >= 11 is 1.33. The fourth-order valence-corrected chi connectivity index (χ4v) is 4.36. The van der Waals surface area contributed by atoms with Crippen molar-refractivity contribution in [2.24, 2.45) is 0 Å². The third-order valence-electron chi connectivity index (χ3n) is 4.89. The van der Waals surface area contributed by atoms with Crippen molar-refractivity contribution in [3.63, 3.8) is 0 Å². The lowest BCUT2D eigenvalue weighted by Gasteiger charge is -2.21. The Morgan fingerprint density at radius 3 is 2.77 bits per heavy atom. The van der Waals surface area contributed by atoms with Gasteiger partial charge in [-0.25, -0.2) is 4.98 Å². The number of nitrogens with zero attached hydrogens (tertiary/aromatic N) is 4. The number of aromatic nitrogens is 3. The monoisotopic (exact) mass is 429 g/mol. The molecule has 3 N–H and O–H groups in total. The Morgan fingerprint density at radius 2 is 2.00 bits per heavy atom. The number of nitrogens with one attached hydrogen (secondary N) is 1. The van der Waals surface area contributed by atoms with Gasteiger partial charge in [0.25, 0.3) is 11.5 Å². The summed E-state index contributed by atoms with van der Waals surface area (Å²) in [5.74, 6) is -1.17. The number of rotatable bonds is 3. The number of carbonyl (C=O) groups is 2. The van der Waals surface area contributed by atoms with Crippen LogP contribution in [0.5, 0.6) is 5.88 Å². The first-order valence-corrected chi connectivity index (χ1v) is 10.1. The van der Waals surface area contributed by atoms with Crippen molar-refractivity contribution in [3.8, 4) is 5.88 Å². The van der Waals surface area contributed by atoms with Gasteiger partial charge in [-0.3, -0.25) is 19.4 Å². The van der Waals surface area contributed by atoms with Crippen LogP contribution in [0.25, 0.3) is 10.2 Å². The topological polar surface area (TPSA) is 140 Å². The van der Waals surface area contributed by atoms with Crippen LogP contribution in [0.15, 0.2) is 35.5 Å². The lowest BCUT2D eigenvalue weighted by atomic mass is 10.2. The number of thiophene rings is 1. The van der Waals surface area contributed by atoms with Crippen LogP contribution in [0, 0.1) is 0 Å². The highest BCUT2D eigenvalue weighted by molar-refractivity contribution is 7.20. The maximum absolute atomic E-state index is 12.9. The second-order valence-electron chi connectivity index (χ2n) is 6.95. The van der Waals surface area contributed by atoms with Gasteiger partial charge in [-0.15, -0.1) is 11.3 Å². The molecule has 1 aliphatic rings. The van der Waals surface area contributed by atoms with E-state index in [1.807, 2.05) is 6.07 Å². The summed E-state index contributed by atoms with van der Waals surface area (Å²) in [7, 11) is 0. The van der Waals surface area contributed by atoms with Crippen molar-refractivity contribution < 1.29 is 19.8 Å². The number of carbonyl (C=O) groups excluding carboxylic acids is 2. The molecule has 0 radical (unpaired) electrons. The van der Waals surface area contributed by atoms with Gasteiger partial charge in [0.1, 0.15) is 0 Å². The van der Waals surface area contributed by atoms with E-state index in [4.69, 9.17) is 0 Å². The van der Waals surface area contributed by atoms with E-state index in [2.05, 4.69) is 15.0 Å². The van der Waals surface area contributed by atoms with E-state index in [-0.39, 0.29) is 44.1 Å². The van der Waals surface area contributed by atoms with E-state index in [9.17, 15) is 24.6 Å². The maximum atomic E-state index is 12.9. The Morgan fingerprint density at radius 1 is 1.23 bits per heavy atom. The van der Waals surface area contributed by atoms with Crippen molar-refractivity contribution in [1.29, 1.82) is 0 Å². The predicted molar refractivity (Wildman–Crippen MR) is 108 cm³/mol. The molecule has 0 saturated carbocycles. The van der Waals surface area contributed by atoms with E-state index in [1.54, 1.807) is 18.3 Å². The molecular formula is C19H19N5O5S. The van der Waals surface area contributed by atoms with Gasteiger partial charge in [0.05, 0.1) is 39.5 Å². The fourth-order valence-electron chi connectivity index (χ4n) is 3.37. The number of hydrogen-bond acceptors (Lipinski definition) is 8. The molecule has 0 bridgehead atoms. The van der Waals surface area contributed by atoms with E-state index in [1.165, 1.54) is 21.1 Å². The third-order valence-corrected chi connectivity index (χ3v) is 5.97. The number of aliphatic hydroxyl groups excluding tert-OH is 1. The van der Waals surface area contributed by atoms with Gasteiger partial charge < -0.3 is 25.0 Å². The molecule has 156 valence electrons. The average molecular weight is 429 g/mol. The molecule has 11 heteroatoms. The molecule has 4 heterocycles. The minimum absolute atomic E-state index is 0.0233. The second-order valence-corrected chi connectivity index (χ2v) is 8.04. The number of pyridine rings is 1. The Hall–Kier alpha value is -3.31. The molecule has 10 nitrogen and oxygen atoms in total. The number of hydrogen-bond donors (Lipinski definition) is 3. The molecule has 0 aromatic carbocycles. The molecule has 1 saturated heterocycles. The van der Waals surface area contributed by atoms with Crippen LogP contribution in [0.3, 0.4) is 0 Å². The zero-order valence-corrected chi connectivity index (χ0v) is 16.6. The summed E-state index contributed by atoms with van der Waals surface area (Å²) in [4.78, 5) is 51.0. The molecule has 1 fully saturated rings. The summed E-state index contributed by atoms with van der Waals surface area (Å²) in [6.45, 7) is 0.543. The van der Waals surface area contributed by atoms with Crippen molar-refractivity contribution >= 4 is 33.4 Å². The minimum Gasteiger partial charge on any atom is -0.493 e. The zero-order chi connectivity index (χ0) is 21.3. The molecule has 1 atom stereocenters. The highest BCUT2D eigenvalue weighted by Crippen LogP contribution is 2.25. The highest BCUT2D eigenvalue weighted by atomic mass is 32.1. The normalized spacial score (nSPS) is 17.2. The molecule has 3 aromatic rings. The van der Waals surface area contributed by atoms with Crippen LogP contribution < -0.4 is 5.56 Å². The second kappa shape index (κ2) is 8.20. The van der Waals surface area contributed by atoms with Crippen LogP contribution in [0.4, 0.5) is 0 Å². The number of aromatic amines is 1. The maximum Gasteiger partial charge on any atom is 0.264 e. The summed E-state index contributed by atoms with van der Waals surface area (Å²) in [5.41, 5.74) is 0.00728. The van der Waals surface area contributed by atoms with Crippen LogP contribution in [0.1, 0.15) is 15.2 Å². The number of β-amino-alcohol motifs (C(OH)–C–C–N with tert-alkyl or cyclic N) is 1. The van der Waals surface area contributed by atoms with Gasteiger partial charge in [0.2, 0.25) is 11.8 Å². The largest absolute Gasteiger partial charge is 0.493 e. The molecule has 0 aliphatic carbocycles. The Balaban J connectivity index is 1.47. The SMILES string of the molecule is O=C(Cc1c(O)nc[nH]c1=O)N1CCN(C(=O)c2cc3ncccc3s2)CC(O)C1. The van der Waals surface area contributed by atoms with Crippen molar-refractivity contribution in [2.75, 3.05) is 26.2 Å². The molecule has 1 aliphatic heterocycles. The van der Waals surface area contributed by atoms with Crippen LogP contribution >= 0.6 is 11.3 Å². The molecule has 30 heavy (non-hydrogen) atoms. The first-order chi connectivity index (χ1) is 14.4. The molecule has 4 rings (SSSR count). The van der Waals surface area contributed by atoms with Gasteiger partial charge in [0.15, 0.2) is 0 Å². The Labute approximate surface area is 174 Å². The number of aliphatic hydroxyl groups is 1. The van der Waals surface area contributed by atoms with Gasteiger partial charge in [0, 0.05) is 32.4 Å². The van der Waals surface area contributed by atoms with Gasteiger partial charge in [-0.05, 0) is 18.2 Å². The van der Waals surface area contributed by atoms with E-state index >= 15 is 0 Å². The summed E-state index contributed by atoms with van der Waals surface area (Å²) < 4.78 is 0.898. The smallest absolute Gasteiger partial charge is 0.264 e. The lowest BCUT2D eigenvalue weighted by molar-refractivity contribution is -0.131. The quantitative estimate of drug-likeness (QED) is 0.531. The summed E-state index contributed by atoms with van der Waals surface area (Å²) in [5, 5.41) is 20.1. The van der Waals surface area contributed by atoms with Crippen molar-refractivity contribution in [2.45, 2.75) is 12.5 Å². The average Bonchev–Trinajstić information content (AvgIpc) is 3.06. The molecule has 0 spiro atoms. The molecular weight excluding hydrogens is 410 g/mol. The molecule has 1 unspecified atom stereocenters. The summed E-state index contributed by atoms with van der Waals surface area (Å²) in [6.07, 6.45) is 1.42. The van der Waals surface area contributed by atoms with Gasteiger partial charge in [-0.1, -0.05) is 0 Å². The standard InChI is InChI=1S/C19H19N5O5S/c25-11-8-23(16(26)6-12-17(27)21-10-22-18(12)28)4-5-24(9-11)19(29)15-7-13-14(30-15)2-1-3-20-13/h1-3,7,10-11,25H,4-6,8-9H2,(H2,21,22,27,28). The first-order valence-electron chi connectivity index (χ1n) is 9.27. The van der Waals surface area contributed by atoms with Crippen LogP contribution in [-0.2, 0) is 11.2 Å².